The van der Waals surface area contributed by atoms with Crippen LogP contribution in [0.25, 0.3) is 0 Å². The largest absolute Gasteiger partial charge is 0.480 e. The zero-order chi connectivity index (χ0) is 15.0. The molecule has 1 aliphatic carbocycles. The molecule has 0 aromatic carbocycles. The minimum absolute atomic E-state index is 0.183. The molecule has 1 aromatic heterocycles. The summed E-state index contributed by atoms with van der Waals surface area (Å²) in [5, 5.41) is 13.5. The Bertz CT molecular complexity index is 554. The zero-order valence-electron chi connectivity index (χ0n) is 12.3. The summed E-state index contributed by atoms with van der Waals surface area (Å²) in [6, 6.07) is 0. The Balaban J connectivity index is 1.60. The van der Waals surface area contributed by atoms with Crippen molar-refractivity contribution in [1.82, 2.24) is 14.7 Å². The van der Waals surface area contributed by atoms with Gasteiger partial charge in [-0.05, 0) is 44.1 Å². The van der Waals surface area contributed by atoms with Crippen LogP contribution in [0.5, 0.6) is 0 Å². The molecule has 1 saturated heterocycles. The molecule has 0 radical (unpaired) electrons. The van der Waals surface area contributed by atoms with Crippen LogP contribution in [0.15, 0.2) is 12.4 Å². The average molecular weight is 291 g/mol. The molecule has 0 atom stereocenters. The van der Waals surface area contributed by atoms with Gasteiger partial charge in [-0.2, -0.15) is 5.10 Å². The first-order valence-corrected chi connectivity index (χ1v) is 7.62. The number of aromatic nitrogens is 2. The van der Waals surface area contributed by atoms with E-state index in [0.29, 0.717) is 31.8 Å². The van der Waals surface area contributed by atoms with Gasteiger partial charge in [0.2, 0.25) is 5.91 Å². The Kier molecular flexibility index (Phi) is 3.47. The summed E-state index contributed by atoms with van der Waals surface area (Å²) in [7, 11) is 0. The Labute approximate surface area is 123 Å². The molecule has 6 heteroatoms. The van der Waals surface area contributed by atoms with E-state index in [1.807, 2.05) is 10.9 Å². The highest BCUT2D eigenvalue weighted by Crippen LogP contribution is 2.48. The summed E-state index contributed by atoms with van der Waals surface area (Å²) in [6.45, 7) is 4.21. The highest BCUT2D eigenvalue weighted by Gasteiger charge is 2.58. The number of amides is 1. The van der Waals surface area contributed by atoms with Gasteiger partial charge in [0.1, 0.15) is 5.41 Å². The monoisotopic (exact) mass is 291 g/mol. The van der Waals surface area contributed by atoms with Gasteiger partial charge in [-0.15, -0.1) is 0 Å². The Morgan fingerprint density at radius 1 is 1.38 bits per heavy atom. The first-order chi connectivity index (χ1) is 10.1. The van der Waals surface area contributed by atoms with Crippen molar-refractivity contribution in [2.45, 2.75) is 45.1 Å². The van der Waals surface area contributed by atoms with Crippen molar-refractivity contribution in [2.75, 3.05) is 13.1 Å². The highest BCUT2D eigenvalue weighted by molar-refractivity contribution is 6.04. The third kappa shape index (κ3) is 2.43. The van der Waals surface area contributed by atoms with Gasteiger partial charge in [0.15, 0.2) is 0 Å². The van der Waals surface area contributed by atoms with Crippen LogP contribution < -0.4 is 0 Å². The van der Waals surface area contributed by atoms with Gasteiger partial charge in [-0.25, -0.2) is 0 Å². The minimum Gasteiger partial charge on any atom is -0.480 e. The molecule has 114 valence electrons. The van der Waals surface area contributed by atoms with Crippen LogP contribution in [0.1, 0.15) is 44.1 Å². The van der Waals surface area contributed by atoms with Crippen LogP contribution in [0.2, 0.25) is 0 Å². The summed E-state index contributed by atoms with van der Waals surface area (Å²) in [5.74, 6) is -0.717. The summed E-state index contributed by atoms with van der Waals surface area (Å²) >= 11 is 0. The Morgan fingerprint density at radius 3 is 2.52 bits per heavy atom. The highest BCUT2D eigenvalue weighted by atomic mass is 16.4. The number of carboxylic acids is 1. The van der Waals surface area contributed by atoms with E-state index in [1.54, 1.807) is 4.90 Å². The van der Waals surface area contributed by atoms with E-state index in [-0.39, 0.29) is 5.91 Å². The SMILES string of the molecule is CCn1cc(C2CCN(C(=O)C3(C(=O)O)CC3)CC2)cn1. The van der Waals surface area contributed by atoms with Gasteiger partial charge < -0.3 is 10.0 Å². The van der Waals surface area contributed by atoms with Crippen LogP contribution in [0, 0.1) is 5.41 Å². The van der Waals surface area contributed by atoms with Crippen LogP contribution in [-0.2, 0) is 16.1 Å². The lowest BCUT2D eigenvalue weighted by molar-refractivity contribution is -0.153. The van der Waals surface area contributed by atoms with Crippen molar-refractivity contribution < 1.29 is 14.7 Å². The number of rotatable bonds is 4. The molecule has 0 bridgehead atoms. The predicted octanol–water partition coefficient (Wildman–Crippen LogP) is 1.47. The second-order valence-corrected chi connectivity index (χ2v) is 6.08. The van der Waals surface area contributed by atoms with Crippen molar-refractivity contribution in [3.8, 4) is 0 Å². The van der Waals surface area contributed by atoms with Crippen molar-refractivity contribution in [3.05, 3.63) is 18.0 Å². The number of carboxylic acid groups (broad SMARTS) is 1. The van der Waals surface area contributed by atoms with Gasteiger partial charge >= 0.3 is 5.97 Å². The molecule has 0 spiro atoms. The number of piperidine rings is 1. The van der Waals surface area contributed by atoms with Crippen LogP contribution in [0.3, 0.4) is 0 Å². The first-order valence-electron chi connectivity index (χ1n) is 7.62. The number of likely N-dealkylation sites (tertiary alicyclic amines) is 1. The molecular formula is C15H21N3O3. The quantitative estimate of drug-likeness (QED) is 0.852. The normalized spacial score (nSPS) is 21.3. The third-order valence-corrected chi connectivity index (χ3v) is 4.80. The maximum atomic E-state index is 12.3. The van der Waals surface area contributed by atoms with Gasteiger partial charge in [-0.1, -0.05) is 0 Å². The van der Waals surface area contributed by atoms with Crippen LogP contribution in [0.4, 0.5) is 0 Å². The number of hydrogen-bond acceptors (Lipinski definition) is 3. The van der Waals surface area contributed by atoms with Gasteiger partial charge in [-0.3, -0.25) is 14.3 Å². The fourth-order valence-electron chi connectivity index (χ4n) is 3.13. The van der Waals surface area contributed by atoms with E-state index in [9.17, 15) is 14.7 Å². The van der Waals surface area contributed by atoms with E-state index in [1.165, 1.54) is 5.56 Å². The fourth-order valence-corrected chi connectivity index (χ4v) is 3.13. The van der Waals surface area contributed by atoms with Crippen LogP contribution >= 0.6 is 0 Å². The van der Waals surface area contributed by atoms with Gasteiger partial charge in [0, 0.05) is 25.8 Å². The molecule has 1 aromatic rings. The molecular weight excluding hydrogens is 270 g/mol. The fraction of sp³-hybridized carbons (Fsp3) is 0.667. The van der Waals surface area contributed by atoms with E-state index in [2.05, 4.69) is 18.2 Å². The van der Waals surface area contributed by atoms with Crippen molar-refractivity contribution in [1.29, 1.82) is 0 Å². The number of aryl methyl sites for hydroxylation is 1. The van der Waals surface area contributed by atoms with Crippen molar-refractivity contribution in [2.24, 2.45) is 5.41 Å². The van der Waals surface area contributed by atoms with E-state index in [4.69, 9.17) is 0 Å². The van der Waals surface area contributed by atoms with Crippen molar-refractivity contribution in [3.63, 3.8) is 0 Å². The number of nitrogens with zero attached hydrogens (tertiary/aromatic N) is 3. The lowest BCUT2D eigenvalue weighted by atomic mass is 9.90. The smallest absolute Gasteiger partial charge is 0.319 e. The van der Waals surface area contributed by atoms with E-state index in [0.717, 1.165) is 19.4 Å². The molecule has 1 amide bonds. The average Bonchev–Trinajstić information content (AvgIpc) is 3.18. The number of aliphatic carboxylic acids is 1. The molecule has 3 rings (SSSR count). The van der Waals surface area contributed by atoms with Crippen LogP contribution in [-0.4, -0.2) is 44.8 Å². The Morgan fingerprint density at radius 2 is 2.05 bits per heavy atom. The van der Waals surface area contributed by atoms with Gasteiger partial charge in [0.05, 0.1) is 6.20 Å². The number of hydrogen-bond donors (Lipinski definition) is 1. The maximum Gasteiger partial charge on any atom is 0.319 e. The molecule has 21 heavy (non-hydrogen) atoms. The van der Waals surface area contributed by atoms with Crippen molar-refractivity contribution >= 4 is 11.9 Å². The molecule has 1 aliphatic heterocycles. The topological polar surface area (TPSA) is 75.4 Å². The molecule has 2 fully saturated rings. The first kappa shape index (κ1) is 14.1. The van der Waals surface area contributed by atoms with Gasteiger partial charge in [0.25, 0.3) is 0 Å². The van der Waals surface area contributed by atoms with E-state index < -0.39 is 11.4 Å². The lowest BCUT2D eigenvalue weighted by Gasteiger charge is -2.33. The zero-order valence-corrected chi connectivity index (χ0v) is 12.3. The maximum absolute atomic E-state index is 12.3. The summed E-state index contributed by atoms with van der Waals surface area (Å²) in [4.78, 5) is 25.3. The molecule has 6 nitrogen and oxygen atoms in total. The summed E-state index contributed by atoms with van der Waals surface area (Å²) < 4.78 is 1.91. The minimum atomic E-state index is -1.10. The second-order valence-electron chi connectivity index (χ2n) is 6.08. The third-order valence-electron chi connectivity index (χ3n) is 4.80. The Hall–Kier alpha value is -1.85. The molecule has 2 aliphatic rings. The van der Waals surface area contributed by atoms with E-state index >= 15 is 0 Å². The predicted molar refractivity (Wildman–Crippen MR) is 75.8 cm³/mol. The number of carbonyl (C=O) groups excluding carboxylic acids is 1. The molecule has 1 saturated carbocycles. The summed E-state index contributed by atoms with van der Waals surface area (Å²) in [6.07, 6.45) is 6.73. The molecule has 2 heterocycles. The molecule has 0 unspecified atom stereocenters. The molecule has 1 N–H and O–H groups in total. The standard InChI is InChI=1S/C15H21N3O3/c1-2-18-10-12(9-16-18)11-3-7-17(8-4-11)13(19)15(5-6-15)14(20)21/h9-11H,2-8H2,1H3,(H,20,21). The summed E-state index contributed by atoms with van der Waals surface area (Å²) in [5.41, 5.74) is 0.128. The lowest BCUT2D eigenvalue weighted by Crippen LogP contribution is -2.44. The number of carbonyl (C=O) groups is 2. The second kappa shape index (κ2) is 5.16.